The van der Waals surface area contributed by atoms with Crippen molar-refractivity contribution in [2.24, 2.45) is 0 Å². The molecule has 3 heteroatoms. The van der Waals surface area contributed by atoms with Crippen LogP contribution in [0.3, 0.4) is 0 Å². The number of unbranched alkanes of at least 4 members (excludes halogenated alkanes) is 1. The van der Waals surface area contributed by atoms with Crippen molar-refractivity contribution in [2.45, 2.75) is 38.9 Å². The Morgan fingerprint density at radius 3 is 3.00 bits per heavy atom. The number of morpholine rings is 1. The fourth-order valence-electron chi connectivity index (χ4n) is 1.43. The second kappa shape index (κ2) is 6.35. The molecule has 0 radical (unpaired) electrons. The van der Waals surface area contributed by atoms with E-state index in [1.807, 2.05) is 0 Å². The summed E-state index contributed by atoms with van der Waals surface area (Å²) in [6, 6.07) is 0. The van der Waals surface area contributed by atoms with E-state index in [0.717, 1.165) is 32.7 Å². The third kappa shape index (κ3) is 4.60. The minimum atomic E-state index is 0.251. The van der Waals surface area contributed by atoms with Gasteiger partial charge in [-0.15, -0.1) is 0 Å². The van der Waals surface area contributed by atoms with Crippen molar-refractivity contribution in [1.82, 2.24) is 5.32 Å². The number of hydrogen-bond donors (Lipinski definition) is 1. The molecule has 1 saturated heterocycles. The van der Waals surface area contributed by atoms with E-state index in [2.05, 4.69) is 19.2 Å². The molecule has 0 spiro atoms. The molecule has 0 bridgehead atoms. The lowest BCUT2D eigenvalue weighted by molar-refractivity contribution is -0.0687. The fourth-order valence-corrected chi connectivity index (χ4v) is 1.43. The van der Waals surface area contributed by atoms with Crippen LogP contribution in [0.4, 0.5) is 0 Å². The molecule has 0 aromatic heterocycles. The Bertz CT molecular complexity index is 130. The molecule has 78 valence electrons. The first-order valence-electron chi connectivity index (χ1n) is 5.27. The quantitative estimate of drug-likeness (QED) is 0.656. The highest BCUT2D eigenvalue weighted by molar-refractivity contribution is 4.71. The molecule has 0 aromatic rings. The van der Waals surface area contributed by atoms with Crippen molar-refractivity contribution >= 4 is 0 Å². The van der Waals surface area contributed by atoms with Crippen LogP contribution >= 0.6 is 0 Å². The first-order chi connectivity index (χ1) is 6.33. The average molecular weight is 187 g/mol. The summed E-state index contributed by atoms with van der Waals surface area (Å²) in [6.45, 7) is 7.75. The fraction of sp³-hybridized carbons (Fsp3) is 1.00. The van der Waals surface area contributed by atoms with Crippen molar-refractivity contribution in [3.8, 4) is 0 Å². The summed E-state index contributed by atoms with van der Waals surface area (Å²) in [5, 5.41) is 3.32. The molecule has 13 heavy (non-hydrogen) atoms. The Morgan fingerprint density at radius 2 is 2.31 bits per heavy atom. The van der Waals surface area contributed by atoms with E-state index in [-0.39, 0.29) is 6.10 Å². The molecular formula is C10H21NO2. The summed E-state index contributed by atoms with van der Waals surface area (Å²) in [6.07, 6.45) is 2.92. The van der Waals surface area contributed by atoms with Gasteiger partial charge in [0.05, 0.1) is 18.8 Å². The van der Waals surface area contributed by atoms with Crippen LogP contribution in [0, 0.1) is 0 Å². The Balaban J connectivity index is 2.00. The Kier molecular flexibility index (Phi) is 5.35. The van der Waals surface area contributed by atoms with Gasteiger partial charge < -0.3 is 14.8 Å². The Hall–Kier alpha value is -0.120. The molecule has 2 atom stereocenters. The lowest BCUT2D eigenvalue weighted by Gasteiger charge is -2.28. The van der Waals surface area contributed by atoms with Crippen molar-refractivity contribution in [1.29, 1.82) is 0 Å². The van der Waals surface area contributed by atoms with E-state index in [1.54, 1.807) is 0 Å². The van der Waals surface area contributed by atoms with Crippen molar-refractivity contribution in [3.63, 3.8) is 0 Å². The Labute approximate surface area is 80.8 Å². The van der Waals surface area contributed by atoms with Crippen LogP contribution in [-0.4, -0.2) is 38.5 Å². The lowest BCUT2D eigenvalue weighted by Crippen LogP contribution is -2.45. The smallest absolute Gasteiger partial charge is 0.0936 e. The monoisotopic (exact) mass is 187 g/mol. The number of rotatable bonds is 5. The molecular weight excluding hydrogens is 166 g/mol. The molecule has 1 fully saturated rings. The van der Waals surface area contributed by atoms with Gasteiger partial charge in [0.2, 0.25) is 0 Å². The van der Waals surface area contributed by atoms with Crippen LogP contribution < -0.4 is 5.32 Å². The summed E-state index contributed by atoms with van der Waals surface area (Å²) in [5.41, 5.74) is 0. The molecule has 1 heterocycles. The van der Waals surface area contributed by atoms with Gasteiger partial charge in [-0.05, 0) is 13.3 Å². The van der Waals surface area contributed by atoms with Gasteiger partial charge in [-0.3, -0.25) is 0 Å². The summed E-state index contributed by atoms with van der Waals surface area (Å²) >= 11 is 0. The van der Waals surface area contributed by atoms with Crippen molar-refractivity contribution in [3.05, 3.63) is 0 Å². The minimum Gasteiger partial charge on any atom is -0.379 e. The van der Waals surface area contributed by atoms with Crippen molar-refractivity contribution in [2.75, 3.05) is 26.3 Å². The highest BCUT2D eigenvalue weighted by Gasteiger charge is 2.18. The second-order valence-electron chi connectivity index (χ2n) is 3.66. The van der Waals surface area contributed by atoms with Crippen LogP contribution in [0.5, 0.6) is 0 Å². The normalized spacial score (nSPS) is 29.1. The summed E-state index contributed by atoms with van der Waals surface area (Å²) in [4.78, 5) is 0. The van der Waals surface area contributed by atoms with E-state index in [0.29, 0.717) is 6.10 Å². The number of hydrogen-bond acceptors (Lipinski definition) is 3. The maximum atomic E-state index is 5.68. The molecule has 1 N–H and O–H groups in total. The van der Waals surface area contributed by atoms with E-state index in [9.17, 15) is 0 Å². The van der Waals surface area contributed by atoms with Gasteiger partial charge in [-0.1, -0.05) is 13.3 Å². The maximum absolute atomic E-state index is 5.68. The third-order valence-electron chi connectivity index (χ3n) is 2.17. The first-order valence-corrected chi connectivity index (χ1v) is 5.27. The minimum absolute atomic E-state index is 0.251. The van der Waals surface area contributed by atoms with Gasteiger partial charge in [-0.25, -0.2) is 0 Å². The van der Waals surface area contributed by atoms with Gasteiger partial charge in [0.15, 0.2) is 0 Å². The van der Waals surface area contributed by atoms with Gasteiger partial charge >= 0.3 is 0 Å². The molecule has 0 aromatic carbocycles. The number of ether oxygens (including phenoxy) is 2. The van der Waals surface area contributed by atoms with Crippen LogP contribution in [0.25, 0.3) is 0 Å². The van der Waals surface area contributed by atoms with Crippen LogP contribution in [0.1, 0.15) is 26.7 Å². The standard InChI is InChI=1S/C10H21NO2/c1-3-4-5-12-8-10-7-11-6-9(2)13-10/h9-11H,3-8H2,1-2H3. The van der Waals surface area contributed by atoms with Gasteiger partial charge in [-0.2, -0.15) is 0 Å². The number of nitrogens with one attached hydrogen (secondary N) is 1. The molecule has 0 aliphatic carbocycles. The van der Waals surface area contributed by atoms with Crippen molar-refractivity contribution < 1.29 is 9.47 Å². The Morgan fingerprint density at radius 1 is 1.46 bits per heavy atom. The van der Waals surface area contributed by atoms with E-state index < -0.39 is 0 Å². The zero-order valence-corrected chi connectivity index (χ0v) is 8.71. The first kappa shape index (κ1) is 11.0. The van der Waals surface area contributed by atoms with Crippen LogP contribution in [-0.2, 0) is 9.47 Å². The molecule has 2 unspecified atom stereocenters. The highest BCUT2D eigenvalue weighted by atomic mass is 16.5. The maximum Gasteiger partial charge on any atom is 0.0936 e. The molecule has 0 saturated carbocycles. The lowest BCUT2D eigenvalue weighted by atomic mass is 10.2. The molecule has 3 nitrogen and oxygen atoms in total. The highest BCUT2D eigenvalue weighted by Crippen LogP contribution is 2.03. The zero-order valence-electron chi connectivity index (χ0n) is 8.71. The molecule has 1 rings (SSSR count). The summed E-state index contributed by atoms with van der Waals surface area (Å²) < 4.78 is 11.2. The van der Waals surface area contributed by atoms with Gasteiger partial charge in [0, 0.05) is 19.7 Å². The molecule has 0 amide bonds. The van der Waals surface area contributed by atoms with E-state index in [4.69, 9.17) is 9.47 Å². The predicted octanol–water partition coefficient (Wildman–Crippen LogP) is 1.18. The van der Waals surface area contributed by atoms with E-state index >= 15 is 0 Å². The van der Waals surface area contributed by atoms with Gasteiger partial charge in [0.1, 0.15) is 0 Å². The topological polar surface area (TPSA) is 30.5 Å². The van der Waals surface area contributed by atoms with Gasteiger partial charge in [0.25, 0.3) is 0 Å². The second-order valence-corrected chi connectivity index (χ2v) is 3.66. The average Bonchev–Trinajstić information content (AvgIpc) is 2.13. The predicted molar refractivity (Wildman–Crippen MR) is 52.9 cm³/mol. The third-order valence-corrected chi connectivity index (χ3v) is 2.17. The summed E-state index contributed by atoms with van der Waals surface area (Å²) in [7, 11) is 0. The van der Waals surface area contributed by atoms with Crippen LogP contribution in [0.2, 0.25) is 0 Å². The SMILES string of the molecule is CCCCOCC1CNCC(C)O1. The van der Waals surface area contributed by atoms with E-state index in [1.165, 1.54) is 6.42 Å². The molecule has 1 aliphatic heterocycles. The summed E-state index contributed by atoms with van der Waals surface area (Å²) in [5.74, 6) is 0. The molecule has 1 aliphatic rings. The zero-order chi connectivity index (χ0) is 9.52. The van der Waals surface area contributed by atoms with Crippen LogP contribution in [0.15, 0.2) is 0 Å². The largest absolute Gasteiger partial charge is 0.379 e.